The van der Waals surface area contributed by atoms with Crippen molar-refractivity contribution in [3.63, 3.8) is 0 Å². The number of thiol groups is 2. The highest BCUT2D eigenvalue weighted by atomic mass is 32.2. The van der Waals surface area contributed by atoms with Gasteiger partial charge in [0, 0.05) is 21.3 Å². The molecule has 2 unspecified atom stereocenters. The van der Waals surface area contributed by atoms with Crippen molar-refractivity contribution >= 4 is 72.3 Å². The average Bonchev–Trinajstić information content (AvgIpc) is 3.03. The normalized spacial score (nSPS) is 27.4. The highest BCUT2D eigenvalue weighted by molar-refractivity contribution is 8.23. The molecular formula is C12H18S6. The van der Waals surface area contributed by atoms with Crippen molar-refractivity contribution in [1.82, 2.24) is 0 Å². The van der Waals surface area contributed by atoms with Crippen LogP contribution in [-0.4, -0.2) is 20.7 Å². The van der Waals surface area contributed by atoms with Crippen molar-refractivity contribution < 1.29 is 0 Å². The molecule has 0 aromatic rings. The van der Waals surface area contributed by atoms with Crippen LogP contribution < -0.4 is 0 Å². The third-order valence-corrected chi connectivity index (χ3v) is 9.41. The Labute approximate surface area is 138 Å². The summed E-state index contributed by atoms with van der Waals surface area (Å²) >= 11 is 16.6. The first-order valence-corrected chi connectivity index (χ1v) is 11.0. The van der Waals surface area contributed by atoms with Crippen LogP contribution in [-0.2, 0) is 0 Å². The van der Waals surface area contributed by atoms with E-state index in [0.717, 1.165) is 20.7 Å². The molecule has 0 fully saturated rings. The first-order chi connectivity index (χ1) is 8.81. The Morgan fingerprint density at radius 3 is 1.61 bits per heavy atom. The summed E-state index contributed by atoms with van der Waals surface area (Å²) in [6.45, 7) is 0. The van der Waals surface area contributed by atoms with Gasteiger partial charge in [0.1, 0.15) is 0 Å². The van der Waals surface area contributed by atoms with Gasteiger partial charge in [-0.05, 0) is 23.7 Å². The van der Waals surface area contributed by atoms with Gasteiger partial charge < -0.3 is 0 Å². The minimum atomic E-state index is 0.752. The highest BCUT2D eigenvalue weighted by Crippen LogP contribution is 2.44. The fraction of sp³-hybridized carbons (Fsp3) is 0.667. The molecule has 0 nitrogen and oxygen atoms in total. The monoisotopic (exact) mass is 354 g/mol. The molecule has 2 rings (SSSR count). The van der Waals surface area contributed by atoms with E-state index in [1.165, 1.54) is 35.5 Å². The van der Waals surface area contributed by atoms with Gasteiger partial charge in [-0.2, -0.15) is 25.3 Å². The molecule has 6 heteroatoms. The predicted molar refractivity (Wildman–Crippen MR) is 100 cm³/mol. The Morgan fingerprint density at radius 1 is 0.833 bits per heavy atom. The van der Waals surface area contributed by atoms with Gasteiger partial charge in [0.05, 0.1) is 9.16 Å². The molecule has 0 N–H and O–H groups in total. The van der Waals surface area contributed by atoms with E-state index in [1.54, 1.807) is 0 Å². The van der Waals surface area contributed by atoms with Crippen LogP contribution in [0.5, 0.6) is 0 Å². The van der Waals surface area contributed by atoms with Crippen LogP contribution in [0.4, 0.5) is 0 Å². The summed E-state index contributed by atoms with van der Waals surface area (Å²) in [4.78, 5) is 2.88. The van der Waals surface area contributed by atoms with Crippen LogP contribution in [0.3, 0.4) is 0 Å². The molecule has 0 radical (unpaired) electrons. The van der Waals surface area contributed by atoms with E-state index in [4.69, 9.17) is 0 Å². The van der Waals surface area contributed by atoms with Gasteiger partial charge in [-0.1, -0.05) is 12.8 Å². The Morgan fingerprint density at radius 2 is 1.28 bits per heavy atom. The number of hydrogen-bond donors (Lipinski definition) is 2. The van der Waals surface area contributed by atoms with Crippen molar-refractivity contribution in [2.24, 2.45) is 0 Å². The number of thioether (sulfide) groups is 4. The van der Waals surface area contributed by atoms with Gasteiger partial charge in [-0.3, -0.25) is 0 Å². The Hall–Kier alpha value is 1.58. The fourth-order valence-electron chi connectivity index (χ4n) is 1.78. The maximum atomic E-state index is 4.32. The summed E-state index contributed by atoms with van der Waals surface area (Å²) in [6.07, 6.45) is 5.37. The molecule has 2 atom stereocenters. The lowest BCUT2D eigenvalue weighted by atomic mass is 10.2. The molecule has 0 saturated heterocycles. The average molecular weight is 355 g/mol. The maximum Gasteiger partial charge on any atom is 0.0588 e. The zero-order valence-electron chi connectivity index (χ0n) is 10.1. The quantitative estimate of drug-likeness (QED) is 0.444. The molecule has 2 aliphatic rings. The zero-order valence-corrected chi connectivity index (χ0v) is 15.1. The van der Waals surface area contributed by atoms with Gasteiger partial charge in [0.2, 0.25) is 0 Å². The van der Waals surface area contributed by atoms with Gasteiger partial charge in [0.25, 0.3) is 0 Å². The molecule has 0 bridgehead atoms. The third kappa shape index (κ3) is 5.17. The van der Waals surface area contributed by atoms with Crippen molar-refractivity contribution in [3.05, 3.63) is 20.6 Å². The number of rotatable bonds is 7. The van der Waals surface area contributed by atoms with Crippen molar-refractivity contribution in [2.45, 2.75) is 34.8 Å². The molecule has 0 aromatic carbocycles. The topological polar surface area (TPSA) is 0 Å². The lowest BCUT2D eigenvalue weighted by molar-refractivity contribution is 0.693. The second kappa shape index (κ2) is 8.78. The van der Waals surface area contributed by atoms with E-state index in [1.807, 2.05) is 47.0 Å². The molecule has 0 aliphatic carbocycles. The van der Waals surface area contributed by atoms with Gasteiger partial charge in [-0.25, -0.2) is 0 Å². The molecule has 0 amide bonds. The van der Waals surface area contributed by atoms with Gasteiger partial charge in [-0.15, -0.1) is 47.0 Å². The van der Waals surface area contributed by atoms with Crippen molar-refractivity contribution in [3.8, 4) is 0 Å². The van der Waals surface area contributed by atoms with Crippen LogP contribution in [0.1, 0.15) is 25.7 Å². The van der Waals surface area contributed by atoms with E-state index >= 15 is 0 Å². The predicted octanol–water partition coefficient (Wildman–Crippen LogP) is 5.70. The van der Waals surface area contributed by atoms with E-state index in [9.17, 15) is 0 Å². The highest BCUT2D eigenvalue weighted by Gasteiger charge is 2.19. The Bertz CT molecular complexity index is 293. The SMILES string of the molecule is SCC1=CSC(CCCCC2SC=C(CS)S2)S1. The number of unbranched alkanes of at least 4 members (excludes halogenated alkanes) is 1. The molecule has 18 heavy (non-hydrogen) atoms. The lowest BCUT2D eigenvalue weighted by Gasteiger charge is -2.11. The van der Waals surface area contributed by atoms with E-state index in [2.05, 4.69) is 36.1 Å². The zero-order chi connectivity index (χ0) is 12.8. The molecule has 0 spiro atoms. The van der Waals surface area contributed by atoms with Crippen LogP contribution in [0.2, 0.25) is 0 Å². The van der Waals surface area contributed by atoms with Crippen molar-refractivity contribution in [1.29, 1.82) is 0 Å². The third-order valence-electron chi connectivity index (χ3n) is 2.71. The first kappa shape index (κ1) is 16.0. The molecule has 102 valence electrons. The minimum Gasteiger partial charge on any atom is -0.174 e. The van der Waals surface area contributed by atoms with Crippen LogP contribution >= 0.6 is 72.3 Å². The smallest absolute Gasteiger partial charge is 0.0588 e. The summed E-state index contributed by atoms with van der Waals surface area (Å²) in [6, 6.07) is 0. The Kier molecular flexibility index (Phi) is 7.78. The summed E-state index contributed by atoms with van der Waals surface area (Å²) in [5.74, 6) is 1.81. The van der Waals surface area contributed by atoms with Gasteiger partial charge >= 0.3 is 0 Å². The summed E-state index contributed by atoms with van der Waals surface area (Å²) in [7, 11) is 0. The lowest BCUT2D eigenvalue weighted by Crippen LogP contribution is -1.96. The molecule has 2 aliphatic heterocycles. The molecular weight excluding hydrogens is 337 g/mol. The second-order valence-corrected chi connectivity index (χ2v) is 10.2. The van der Waals surface area contributed by atoms with E-state index < -0.39 is 0 Å². The standard InChI is InChI=1S/C12H18S6/c13-5-9-7-15-11(17-9)3-1-2-4-12-16-8-10(6-14)18-12/h7-8,11-14H,1-6H2. The summed E-state index contributed by atoms with van der Waals surface area (Å²) < 4.78 is 1.50. The van der Waals surface area contributed by atoms with Crippen molar-refractivity contribution in [2.75, 3.05) is 11.5 Å². The summed E-state index contributed by atoms with van der Waals surface area (Å²) in [5.41, 5.74) is 0. The van der Waals surface area contributed by atoms with E-state index in [-0.39, 0.29) is 0 Å². The Balaban J connectivity index is 1.50. The fourth-order valence-corrected chi connectivity index (χ4v) is 7.72. The maximum absolute atomic E-state index is 4.32. The number of hydrogen-bond acceptors (Lipinski definition) is 6. The van der Waals surface area contributed by atoms with Crippen LogP contribution in [0.25, 0.3) is 0 Å². The van der Waals surface area contributed by atoms with Crippen LogP contribution in [0.15, 0.2) is 20.6 Å². The minimum absolute atomic E-state index is 0.752. The van der Waals surface area contributed by atoms with Gasteiger partial charge in [0.15, 0.2) is 0 Å². The molecule has 0 aromatic heterocycles. The second-order valence-electron chi connectivity index (χ2n) is 4.14. The largest absolute Gasteiger partial charge is 0.174 e. The van der Waals surface area contributed by atoms with E-state index in [0.29, 0.717) is 0 Å². The molecule has 2 heterocycles. The first-order valence-electron chi connectivity index (χ1n) is 6.06. The summed E-state index contributed by atoms with van der Waals surface area (Å²) in [5, 5.41) is 4.57. The molecule has 0 saturated carbocycles. The van der Waals surface area contributed by atoms with Crippen LogP contribution in [0, 0.1) is 0 Å².